The van der Waals surface area contributed by atoms with E-state index in [1.54, 1.807) is 17.9 Å². The first-order valence-electron chi connectivity index (χ1n) is 17.1. The lowest BCUT2D eigenvalue weighted by atomic mass is 9.98. The molecule has 2 amide bonds. The van der Waals surface area contributed by atoms with Crippen LogP contribution < -0.4 is 15.7 Å². The third-order valence-electron chi connectivity index (χ3n) is 9.13. The summed E-state index contributed by atoms with van der Waals surface area (Å²) >= 11 is 0. The fourth-order valence-electron chi connectivity index (χ4n) is 6.39. The number of piperazine rings is 1. The molecule has 3 heterocycles. The molecule has 12 nitrogen and oxygen atoms in total. The maximum Gasteiger partial charge on any atom is 0.243 e. The minimum absolute atomic E-state index is 0.00790. The molecule has 2 fully saturated rings. The van der Waals surface area contributed by atoms with E-state index >= 15 is 0 Å². The van der Waals surface area contributed by atoms with Crippen molar-refractivity contribution in [1.29, 1.82) is 0 Å². The Morgan fingerprint density at radius 1 is 0.800 bits per heavy atom. The maximum absolute atomic E-state index is 12.3. The molecule has 12 heteroatoms. The minimum atomic E-state index is -0.578. The van der Waals surface area contributed by atoms with E-state index in [1.165, 1.54) is 0 Å². The second-order valence-corrected chi connectivity index (χ2v) is 12.7. The Morgan fingerprint density at radius 3 is 2.26 bits per heavy atom. The van der Waals surface area contributed by atoms with Crippen molar-refractivity contribution in [2.75, 3.05) is 37.6 Å². The van der Waals surface area contributed by atoms with Gasteiger partial charge in [0.15, 0.2) is 6.29 Å². The highest BCUT2D eigenvalue weighted by Gasteiger charge is 2.34. The number of ether oxygens (including phenoxy) is 2. The van der Waals surface area contributed by atoms with Crippen LogP contribution >= 0.6 is 0 Å². The second kappa shape index (κ2) is 17.3. The molecule has 50 heavy (non-hydrogen) atoms. The van der Waals surface area contributed by atoms with Crippen LogP contribution in [-0.2, 0) is 32.2 Å². The Kier molecular flexibility index (Phi) is 12.1. The summed E-state index contributed by atoms with van der Waals surface area (Å²) in [6.07, 6.45) is 4.07. The number of nitrogens with zero attached hydrogens (tertiary/aromatic N) is 4. The molecule has 0 unspecified atom stereocenters. The number of hydroxylamine groups is 1. The maximum atomic E-state index is 12.3. The summed E-state index contributed by atoms with van der Waals surface area (Å²) < 4.78 is 13.3. The topological polar surface area (TPSA) is 149 Å². The SMILES string of the molecule is O=C(CCCC(=O)NCc1cccc(-c2cccc([C@@H]3O[C@H](CN4CCN(c5ncccn5)CC4)C[C@H](c4ccc(CO)cc4)O3)c2)c1)NO. The van der Waals surface area contributed by atoms with E-state index in [4.69, 9.17) is 14.7 Å². The van der Waals surface area contributed by atoms with Crippen LogP contribution in [0.15, 0.2) is 91.3 Å². The van der Waals surface area contributed by atoms with Crippen LogP contribution in [0.1, 0.15) is 60.3 Å². The minimum Gasteiger partial charge on any atom is -0.392 e. The van der Waals surface area contributed by atoms with Crippen molar-refractivity contribution in [3.8, 4) is 11.1 Å². The quantitative estimate of drug-likeness (QED) is 0.119. The number of aromatic nitrogens is 2. The van der Waals surface area contributed by atoms with Crippen LogP contribution in [0.2, 0.25) is 0 Å². The van der Waals surface area contributed by atoms with Crippen molar-refractivity contribution >= 4 is 17.8 Å². The molecule has 0 radical (unpaired) electrons. The van der Waals surface area contributed by atoms with Crippen molar-refractivity contribution in [2.24, 2.45) is 0 Å². The van der Waals surface area contributed by atoms with Crippen molar-refractivity contribution in [3.63, 3.8) is 0 Å². The molecule has 3 atom stereocenters. The van der Waals surface area contributed by atoms with E-state index in [9.17, 15) is 14.7 Å². The number of aliphatic hydroxyl groups is 1. The fourth-order valence-corrected chi connectivity index (χ4v) is 6.39. The number of carbonyl (C=O) groups excluding carboxylic acids is 2. The lowest BCUT2D eigenvalue weighted by Crippen LogP contribution is -2.50. The van der Waals surface area contributed by atoms with Gasteiger partial charge in [-0.05, 0) is 52.4 Å². The molecule has 0 bridgehead atoms. The average molecular weight is 681 g/mol. The lowest BCUT2D eigenvalue weighted by molar-refractivity contribution is -0.253. The highest BCUT2D eigenvalue weighted by molar-refractivity contribution is 5.78. The average Bonchev–Trinajstić information content (AvgIpc) is 3.17. The monoisotopic (exact) mass is 680 g/mol. The van der Waals surface area contributed by atoms with E-state index in [2.05, 4.69) is 43.3 Å². The number of benzene rings is 3. The van der Waals surface area contributed by atoms with E-state index in [0.717, 1.165) is 72.1 Å². The van der Waals surface area contributed by atoms with Gasteiger partial charge < -0.3 is 24.8 Å². The fraction of sp³-hybridized carbons (Fsp3) is 0.368. The van der Waals surface area contributed by atoms with Gasteiger partial charge in [-0.15, -0.1) is 0 Å². The van der Waals surface area contributed by atoms with Gasteiger partial charge in [-0.2, -0.15) is 0 Å². The van der Waals surface area contributed by atoms with Crippen LogP contribution in [0.5, 0.6) is 0 Å². The molecule has 4 N–H and O–H groups in total. The standard InChI is InChI=1S/C38H44N6O6/c45-26-27-11-13-29(14-12-27)34-23-33(25-43-17-19-44(20-18-43)38-39-15-4-16-40-38)49-37(50-34)32-8-2-7-31(22-32)30-6-1-5-28(21-30)24-41-35(46)9-3-10-36(47)42-48/h1-2,4-8,11-16,21-22,33-34,37,45,48H,3,9-10,17-20,23-26H2,(H,41,46)(H,42,47)/t33-,34+,37+/m0/s1. The zero-order valence-electron chi connectivity index (χ0n) is 28.0. The number of nitrogens with one attached hydrogen (secondary N) is 2. The third kappa shape index (κ3) is 9.49. The molecule has 2 aliphatic heterocycles. The normalized spacial score (nSPS) is 19.6. The van der Waals surface area contributed by atoms with Gasteiger partial charge in [0.25, 0.3) is 0 Å². The van der Waals surface area contributed by atoms with Crippen molar-refractivity contribution < 1.29 is 29.4 Å². The van der Waals surface area contributed by atoms with E-state index < -0.39 is 12.2 Å². The first kappa shape index (κ1) is 35.1. The Balaban J connectivity index is 1.13. The van der Waals surface area contributed by atoms with Crippen molar-refractivity contribution in [1.82, 2.24) is 25.7 Å². The zero-order valence-corrected chi connectivity index (χ0v) is 28.0. The molecule has 2 saturated heterocycles. The van der Waals surface area contributed by atoms with Gasteiger partial charge in [-0.1, -0.05) is 60.7 Å². The number of amides is 2. The van der Waals surface area contributed by atoms with Crippen molar-refractivity contribution in [3.05, 3.63) is 114 Å². The zero-order chi connectivity index (χ0) is 34.7. The van der Waals surface area contributed by atoms with Crippen LogP contribution in [0.3, 0.4) is 0 Å². The summed E-state index contributed by atoms with van der Waals surface area (Å²) in [6, 6.07) is 26.0. The molecule has 0 aliphatic carbocycles. The molecule has 1 aromatic heterocycles. The lowest BCUT2D eigenvalue weighted by Gasteiger charge is -2.40. The summed E-state index contributed by atoms with van der Waals surface area (Å²) in [6.45, 7) is 4.58. The van der Waals surface area contributed by atoms with E-state index in [0.29, 0.717) is 19.4 Å². The number of aliphatic hydroxyl groups excluding tert-OH is 1. The molecule has 262 valence electrons. The predicted molar refractivity (Wildman–Crippen MR) is 187 cm³/mol. The largest absolute Gasteiger partial charge is 0.392 e. The van der Waals surface area contributed by atoms with Crippen molar-refractivity contribution in [2.45, 2.75) is 57.3 Å². The summed E-state index contributed by atoms with van der Waals surface area (Å²) in [7, 11) is 0. The highest BCUT2D eigenvalue weighted by atomic mass is 16.7. The number of rotatable bonds is 13. The molecule has 2 aliphatic rings. The molecule has 0 saturated carbocycles. The first-order chi connectivity index (χ1) is 24.5. The Morgan fingerprint density at radius 2 is 1.52 bits per heavy atom. The Bertz CT molecular complexity index is 1700. The van der Waals surface area contributed by atoms with Gasteiger partial charge in [0.05, 0.1) is 18.8 Å². The summed E-state index contributed by atoms with van der Waals surface area (Å²) in [5, 5.41) is 21.1. The van der Waals surface area contributed by atoms with Gasteiger partial charge in [0.2, 0.25) is 17.8 Å². The van der Waals surface area contributed by atoms with Crippen LogP contribution in [0, 0.1) is 0 Å². The number of carbonyl (C=O) groups is 2. The third-order valence-corrected chi connectivity index (χ3v) is 9.13. The second-order valence-electron chi connectivity index (χ2n) is 12.7. The van der Waals surface area contributed by atoms with Gasteiger partial charge in [-0.25, -0.2) is 15.4 Å². The number of hydrogen-bond donors (Lipinski definition) is 4. The Hall–Kier alpha value is -4.72. The van der Waals surface area contributed by atoms with Crippen LogP contribution in [0.25, 0.3) is 11.1 Å². The summed E-state index contributed by atoms with van der Waals surface area (Å²) in [4.78, 5) is 37.0. The van der Waals surface area contributed by atoms with Gasteiger partial charge in [0.1, 0.15) is 0 Å². The molecular weight excluding hydrogens is 636 g/mol. The molecule has 4 aromatic rings. The summed E-state index contributed by atoms with van der Waals surface area (Å²) in [5.74, 6) is 0.100. The predicted octanol–water partition coefficient (Wildman–Crippen LogP) is 4.30. The highest BCUT2D eigenvalue weighted by Crippen LogP contribution is 2.39. The van der Waals surface area contributed by atoms with E-state index in [-0.39, 0.29) is 37.6 Å². The van der Waals surface area contributed by atoms with Gasteiger partial charge in [-0.3, -0.25) is 19.7 Å². The Labute approximate surface area is 292 Å². The summed E-state index contributed by atoms with van der Waals surface area (Å²) in [5.41, 5.74) is 7.36. The molecule has 6 rings (SSSR count). The molecule has 0 spiro atoms. The van der Waals surface area contributed by atoms with Crippen LogP contribution in [-0.4, -0.2) is 75.8 Å². The smallest absolute Gasteiger partial charge is 0.243 e. The number of anilines is 1. The number of hydrogen-bond acceptors (Lipinski definition) is 10. The molecule has 3 aromatic carbocycles. The van der Waals surface area contributed by atoms with Gasteiger partial charge >= 0.3 is 0 Å². The van der Waals surface area contributed by atoms with Crippen LogP contribution in [0.4, 0.5) is 5.95 Å². The van der Waals surface area contributed by atoms with Gasteiger partial charge in [0, 0.05) is 76.5 Å². The molecular formula is C38H44N6O6. The van der Waals surface area contributed by atoms with E-state index in [1.807, 2.05) is 60.7 Å². The first-order valence-corrected chi connectivity index (χ1v) is 17.1.